The molecule has 0 amide bonds. The van der Waals surface area contributed by atoms with E-state index in [1.165, 1.54) is 6.92 Å². The number of esters is 1. The van der Waals surface area contributed by atoms with E-state index in [2.05, 4.69) is 0 Å². The summed E-state index contributed by atoms with van der Waals surface area (Å²) in [5.41, 5.74) is 4.76. The molecule has 0 saturated carbocycles. The molecule has 0 aromatic heterocycles. The number of ether oxygens (including phenoxy) is 9. The molecule has 9 atom stereocenters. The summed E-state index contributed by atoms with van der Waals surface area (Å²) in [5.74, 6) is -0.448. The molecule has 2 aliphatic heterocycles. The Labute approximate surface area is 352 Å². The molecule has 2 fully saturated rings. The van der Waals surface area contributed by atoms with Crippen LogP contribution >= 0.6 is 0 Å². The number of benzene rings is 5. The van der Waals surface area contributed by atoms with Crippen molar-refractivity contribution in [2.24, 2.45) is 0 Å². The van der Waals surface area contributed by atoms with Gasteiger partial charge in [-0.15, -0.1) is 0 Å². The highest BCUT2D eigenvalue weighted by Crippen LogP contribution is 2.34. The third kappa shape index (κ3) is 12.9. The quantitative estimate of drug-likeness (QED) is 0.0796. The average molecular weight is 819 g/mol. The summed E-state index contributed by atoms with van der Waals surface area (Å²) in [7, 11) is 0. The largest absolute Gasteiger partial charge is 0.460 e. The maximum atomic E-state index is 12.5. The van der Waals surface area contributed by atoms with Crippen LogP contribution in [0, 0.1) is 0 Å². The van der Waals surface area contributed by atoms with E-state index < -0.39 is 61.3 Å². The Balaban J connectivity index is 1.19. The summed E-state index contributed by atoms with van der Waals surface area (Å²) in [6.07, 6.45) is -7.86. The summed E-state index contributed by atoms with van der Waals surface area (Å²) in [5, 5.41) is 11.7. The van der Waals surface area contributed by atoms with E-state index in [0.717, 1.165) is 27.8 Å². The second kappa shape index (κ2) is 22.7. The fourth-order valence-electron chi connectivity index (χ4n) is 7.35. The summed E-state index contributed by atoms with van der Waals surface area (Å²) >= 11 is 0. The molecule has 0 spiro atoms. The third-order valence-corrected chi connectivity index (χ3v) is 10.4. The van der Waals surface area contributed by atoms with Gasteiger partial charge in [-0.1, -0.05) is 152 Å². The van der Waals surface area contributed by atoms with Gasteiger partial charge in [-0.3, -0.25) is 4.79 Å². The standard InChI is InChI=1S/C49H54O11/c1-35(50)57-41-27-42(54-30-38-21-11-4-12-22-38)49(59-43(41)33-52-28-36-17-7-2-8-18-36)60-45-44(34-53-29-37-19-9-3-10-20-37)58-48(51)47(56-32-40-25-15-6-16-26-40)46(45)55-31-39-23-13-5-14-24-39/h2-26,41-49,51H,27-34H2,1H3/t41-,42-,43-,44-,45-,46+,47-,48-,49+/m1/s1. The number of hydrogen-bond acceptors (Lipinski definition) is 11. The van der Waals surface area contributed by atoms with E-state index in [-0.39, 0.29) is 39.5 Å². The highest BCUT2D eigenvalue weighted by Gasteiger charge is 2.51. The zero-order valence-corrected chi connectivity index (χ0v) is 33.8. The second-order valence-electron chi connectivity index (χ2n) is 15.0. The lowest BCUT2D eigenvalue weighted by molar-refractivity contribution is -0.359. The van der Waals surface area contributed by atoms with Gasteiger partial charge < -0.3 is 47.7 Å². The van der Waals surface area contributed by atoms with Crippen LogP contribution in [0.1, 0.15) is 41.2 Å². The Morgan fingerprint density at radius 3 is 1.40 bits per heavy atom. The Kier molecular flexibility index (Phi) is 16.4. The van der Waals surface area contributed by atoms with Crippen molar-refractivity contribution in [3.63, 3.8) is 0 Å². The van der Waals surface area contributed by atoms with Crippen LogP contribution in [0.15, 0.2) is 152 Å². The predicted octanol–water partition coefficient (Wildman–Crippen LogP) is 7.33. The SMILES string of the molecule is CC(=O)O[C@@H]1C[C@@H](OCc2ccccc2)[C@H](O[C@H]2[C@H](OCc3ccccc3)[C@@H](OCc3ccccc3)[C@H](O)O[C@@H]2COCc2ccccc2)O[C@@H]1COCc1ccccc1. The average Bonchev–Trinajstić information content (AvgIpc) is 3.28. The van der Waals surface area contributed by atoms with Crippen LogP contribution in [0.4, 0.5) is 0 Å². The predicted molar refractivity (Wildman–Crippen MR) is 222 cm³/mol. The summed E-state index contributed by atoms with van der Waals surface area (Å²) in [6, 6.07) is 48.9. The Morgan fingerprint density at radius 1 is 0.517 bits per heavy atom. The Bertz CT molecular complexity index is 1950. The smallest absolute Gasteiger partial charge is 0.302 e. The maximum Gasteiger partial charge on any atom is 0.302 e. The van der Waals surface area contributed by atoms with Crippen molar-refractivity contribution in [2.75, 3.05) is 13.2 Å². The molecule has 11 nitrogen and oxygen atoms in total. The lowest BCUT2D eigenvalue weighted by Gasteiger charge is -2.47. The van der Waals surface area contributed by atoms with Crippen molar-refractivity contribution in [1.82, 2.24) is 0 Å². The first kappa shape index (κ1) is 43.3. The van der Waals surface area contributed by atoms with Gasteiger partial charge >= 0.3 is 5.97 Å². The molecule has 5 aromatic rings. The topological polar surface area (TPSA) is 120 Å². The van der Waals surface area contributed by atoms with Crippen molar-refractivity contribution in [3.8, 4) is 0 Å². The van der Waals surface area contributed by atoms with Crippen LogP contribution in [0.2, 0.25) is 0 Å². The number of aliphatic hydroxyl groups is 1. The van der Waals surface area contributed by atoms with Gasteiger partial charge in [0.05, 0.1) is 46.2 Å². The molecule has 0 aliphatic carbocycles. The van der Waals surface area contributed by atoms with Crippen molar-refractivity contribution in [3.05, 3.63) is 179 Å². The lowest BCUT2D eigenvalue weighted by Crippen LogP contribution is -2.63. The zero-order valence-electron chi connectivity index (χ0n) is 33.8. The van der Waals surface area contributed by atoms with Crippen LogP contribution in [0.25, 0.3) is 0 Å². The molecule has 2 saturated heterocycles. The van der Waals surface area contributed by atoms with Gasteiger partial charge in [-0.2, -0.15) is 0 Å². The fourth-order valence-corrected chi connectivity index (χ4v) is 7.35. The lowest BCUT2D eigenvalue weighted by atomic mass is 9.97. The van der Waals surface area contributed by atoms with E-state index in [4.69, 9.17) is 42.6 Å². The molecule has 2 heterocycles. The van der Waals surface area contributed by atoms with Gasteiger partial charge in [0.1, 0.15) is 42.7 Å². The molecule has 0 radical (unpaired) electrons. The molecule has 316 valence electrons. The minimum Gasteiger partial charge on any atom is -0.460 e. The maximum absolute atomic E-state index is 12.5. The Hall–Kier alpha value is -4.79. The molecule has 7 rings (SSSR count). The highest BCUT2D eigenvalue weighted by atomic mass is 16.7. The van der Waals surface area contributed by atoms with Gasteiger partial charge in [0.15, 0.2) is 12.6 Å². The molecule has 0 bridgehead atoms. The molecule has 5 aromatic carbocycles. The first-order chi connectivity index (χ1) is 29.5. The van der Waals surface area contributed by atoms with Gasteiger partial charge in [-0.25, -0.2) is 0 Å². The minimum absolute atomic E-state index is 0.0508. The van der Waals surface area contributed by atoms with Crippen LogP contribution in [-0.2, 0) is 80.5 Å². The van der Waals surface area contributed by atoms with Crippen LogP contribution < -0.4 is 0 Å². The number of carbonyl (C=O) groups excluding carboxylic acids is 1. The van der Waals surface area contributed by atoms with Crippen LogP contribution in [0.5, 0.6) is 0 Å². The molecule has 2 aliphatic rings. The molecular formula is C49H54O11. The van der Waals surface area contributed by atoms with Crippen molar-refractivity contribution >= 4 is 5.97 Å². The van der Waals surface area contributed by atoms with Crippen LogP contribution in [0.3, 0.4) is 0 Å². The van der Waals surface area contributed by atoms with E-state index >= 15 is 0 Å². The monoisotopic (exact) mass is 818 g/mol. The molecule has 11 heteroatoms. The summed E-state index contributed by atoms with van der Waals surface area (Å²) in [6.45, 7) is 2.81. The fraction of sp³-hybridized carbons (Fsp3) is 0.367. The van der Waals surface area contributed by atoms with E-state index in [1.807, 2.05) is 152 Å². The molecule has 1 N–H and O–H groups in total. The van der Waals surface area contributed by atoms with Gasteiger partial charge in [-0.05, 0) is 27.8 Å². The minimum atomic E-state index is -1.38. The number of hydrogen-bond donors (Lipinski definition) is 1. The molecular weight excluding hydrogens is 765 g/mol. The first-order valence-corrected chi connectivity index (χ1v) is 20.5. The van der Waals surface area contributed by atoms with Crippen LogP contribution in [-0.4, -0.2) is 79.6 Å². The third-order valence-electron chi connectivity index (χ3n) is 10.4. The second-order valence-corrected chi connectivity index (χ2v) is 15.0. The van der Waals surface area contributed by atoms with E-state index in [1.54, 1.807) is 0 Å². The summed E-state index contributed by atoms with van der Waals surface area (Å²) < 4.78 is 58.2. The van der Waals surface area contributed by atoms with Crippen molar-refractivity contribution in [1.29, 1.82) is 0 Å². The number of rotatable bonds is 20. The van der Waals surface area contributed by atoms with E-state index in [9.17, 15) is 9.90 Å². The normalized spacial score (nSPS) is 25.4. The molecule has 0 unspecified atom stereocenters. The van der Waals surface area contributed by atoms with Crippen molar-refractivity contribution in [2.45, 2.75) is 102 Å². The highest BCUT2D eigenvalue weighted by molar-refractivity contribution is 5.66. The van der Waals surface area contributed by atoms with Gasteiger partial charge in [0.2, 0.25) is 0 Å². The summed E-state index contributed by atoms with van der Waals surface area (Å²) in [4.78, 5) is 12.5. The van der Waals surface area contributed by atoms with Gasteiger partial charge in [0, 0.05) is 13.3 Å². The Morgan fingerprint density at radius 2 is 0.933 bits per heavy atom. The van der Waals surface area contributed by atoms with Crippen molar-refractivity contribution < 1.29 is 52.5 Å². The number of carbonyl (C=O) groups is 1. The van der Waals surface area contributed by atoms with E-state index in [0.29, 0.717) is 13.2 Å². The zero-order chi connectivity index (χ0) is 41.4. The molecule has 60 heavy (non-hydrogen) atoms. The first-order valence-electron chi connectivity index (χ1n) is 20.5. The number of aliphatic hydroxyl groups excluding tert-OH is 1. The van der Waals surface area contributed by atoms with Gasteiger partial charge in [0.25, 0.3) is 0 Å².